The van der Waals surface area contributed by atoms with Crippen LogP contribution in [0.4, 0.5) is 5.69 Å². The summed E-state index contributed by atoms with van der Waals surface area (Å²) >= 11 is 0. The number of sulfonamides is 2. The lowest BCUT2D eigenvalue weighted by atomic mass is 10.1. The third kappa shape index (κ3) is 4.08. The van der Waals surface area contributed by atoms with Crippen LogP contribution < -0.4 is 4.72 Å². The number of nitrogens with zero attached hydrogens (tertiary/aromatic N) is 1. The molecule has 2 rings (SSSR count). The van der Waals surface area contributed by atoms with Crippen LogP contribution >= 0.6 is 0 Å². The molecule has 2 aromatic rings. The lowest BCUT2D eigenvalue weighted by Crippen LogP contribution is -2.30. The van der Waals surface area contributed by atoms with E-state index in [-0.39, 0.29) is 9.79 Å². The first kappa shape index (κ1) is 20.4. The van der Waals surface area contributed by atoms with Gasteiger partial charge in [0, 0.05) is 13.1 Å². The molecule has 6 nitrogen and oxygen atoms in total. The van der Waals surface area contributed by atoms with Crippen molar-refractivity contribution in [3.05, 3.63) is 53.6 Å². The van der Waals surface area contributed by atoms with E-state index in [2.05, 4.69) is 4.72 Å². The summed E-state index contributed by atoms with van der Waals surface area (Å²) in [6.45, 7) is 7.87. The number of para-hydroxylation sites is 1. The Bertz CT molecular complexity index is 958. The Kier molecular flexibility index (Phi) is 6.10. The van der Waals surface area contributed by atoms with Crippen LogP contribution in [0.15, 0.2) is 52.3 Å². The molecule has 0 atom stereocenters. The van der Waals surface area contributed by atoms with E-state index in [1.807, 2.05) is 32.0 Å². The average molecular weight is 397 g/mol. The van der Waals surface area contributed by atoms with Gasteiger partial charge in [-0.2, -0.15) is 4.31 Å². The Morgan fingerprint density at radius 2 is 1.27 bits per heavy atom. The van der Waals surface area contributed by atoms with Gasteiger partial charge in [-0.05, 0) is 49.2 Å². The molecule has 1 N–H and O–H groups in total. The summed E-state index contributed by atoms with van der Waals surface area (Å²) in [4.78, 5) is 0.0888. The van der Waals surface area contributed by atoms with Crippen molar-refractivity contribution in [1.82, 2.24) is 4.31 Å². The van der Waals surface area contributed by atoms with Crippen LogP contribution in [-0.2, 0) is 20.0 Å². The number of aryl methyl sites for hydroxylation is 2. The van der Waals surface area contributed by atoms with Crippen molar-refractivity contribution in [2.24, 2.45) is 0 Å². The molecule has 8 heteroatoms. The van der Waals surface area contributed by atoms with Gasteiger partial charge in [0.25, 0.3) is 10.0 Å². The van der Waals surface area contributed by atoms with Gasteiger partial charge in [-0.25, -0.2) is 16.8 Å². The zero-order valence-electron chi connectivity index (χ0n) is 15.4. The summed E-state index contributed by atoms with van der Waals surface area (Å²) in [6, 6.07) is 10.8. The molecular formula is C18H24N2O4S2. The maximum absolute atomic E-state index is 12.6. The first-order chi connectivity index (χ1) is 12.1. The molecular weight excluding hydrogens is 372 g/mol. The average Bonchev–Trinajstić information content (AvgIpc) is 2.59. The van der Waals surface area contributed by atoms with Crippen molar-refractivity contribution in [3.8, 4) is 0 Å². The number of hydrogen-bond donors (Lipinski definition) is 1. The van der Waals surface area contributed by atoms with E-state index < -0.39 is 20.0 Å². The van der Waals surface area contributed by atoms with Crippen LogP contribution in [-0.4, -0.2) is 34.2 Å². The summed E-state index contributed by atoms with van der Waals surface area (Å²) in [5.74, 6) is 0. The predicted octanol–water partition coefficient (Wildman–Crippen LogP) is 3.13. The monoisotopic (exact) mass is 396 g/mol. The SMILES string of the molecule is CCN(CC)S(=O)(=O)c1ccc(S(=O)(=O)Nc2c(C)cccc2C)cc1. The second-order valence-corrected chi connectivity index (χ2v) is 9.55. The minimum atomic E-state index is -3.81. The van der Waals surface area contributed by atoms with Crippen molar-refractivity contribution in [1.29, 1.82) is 0 Å². The minimum Gasteiger partial charge on any atom is -0.279 e. The summed E-state index contributed by atoms with van der Waals surface area (Å²) in [5, 5.41) is 0. The molecule has 0 spiro atoms. The summed E-state index contributed by atoms with van der Waals surface area (Å²) in [6.07, 6.45) is 0. The van der Waals surface area contributed by atoms with Crippen LogP contribution in [0.5, 0.6) is 0 Å². The van der Waals surface area contributed by atoms with Crippen molar-refractivity contribution >= 4 is 25.7 Å². The van der Waals surface area contributed by atoms with Gasteiger partial charge in [0.2, 0.25) is 10.0 Å². The molecule has 0 unspecified atom stereocenters. The van der Waals surface area contributed by atoms with Gasteiger partial charge >= 0.3 is 0 Å². The molecule has 142 valence electrons. The highest BCUT2D eigenvalue weighted by molar-refractivity contribution is 7.92. The molecule has 0 aromatic heterocycles. The Labute approximate surface area is 156 Å². The Hall–Kier alpha value is -1.90. The highest BCUT2D eigenvalue weighted by Gasteiger charge is 2.23. The first-order valence-electron chi connectivity index (χ1n) is 8.32. The van der Waals surface area contributed by atoms with Gasteiger partial charge in [0.1, 0.15) is 0 Å². The van der Waals surface area contributed by atoms with E-state index >= 15 is 0 Å². The second kappa shape index (κ2) is 7.77. The van der Waals surface area contributed by atoms with Gasteiger partial charge in [-0.3, -0.25) is 4.72 Å². The molecule has 0 heterocycles. The topological polar surface area (TPSA) is 83.6 Å². The summed E-state index contributed by atoms with van der Waals surface area (Å²) in [5.41, 5.74) is 2.16. The molecule has 0 saturated heterocycles. The van der Waals surface area contributed by atoms with Crippen LogP contribution in [0.25, 0.3) is 0 Å². The number of hydrogen-bond acceptors (Lipinski definition) is 4. The maximum atomic E-state index is 12.6. The molecule has 0 bridgehead atoms. The zero-order valence-corrected chi connectivity index (χ0v) is 17.0. The number of anilines is 1. The van der Waals surface area contributed by atoms with Crippen LogP contribution in [0.1, 0.15) is 25.0 Å². The lowest BCUT2D eigenvalue weighted by molar-refractivity contribution is 0.445. The Morgan fingerprint density at radius 1 is 0.808 bits per heavy atom. The van der Waals surface area contributed by atoms with Gasteiger partial charge in [-0.15, -0.1) is 0 Å². The smallest absolute Gasteiger partial charge is 0.261 e. The van der Waals surface area contributed by atoms with Gasteiger partial charge < -0.3 is 0 Å². The largest absolute Gasteiger partial charge is 0.279 e. The molecule has 0 amide bonds. The minimum absolute atomic E-state index is 0.0126. The molecule has 26 heavy (non-hydrogen) atoms. The third-order valence-corrected chi connectivity index (χ3v) is 7.62. The molecule has 0 aliphatic heterocycles. The van der Waals surface area contributed by atoms with Crippen molar-refractivity contribution < 1.29 is 16.8 Å². The Balaban J connectivity index is 2.35. The predicted molar refractivity (Wildman–Crippen MR) is 103 cm³/mol. The van der Waals surface area contributed by atoms with Crippen LogP contribution in [0, 0.1) is 13.8 Å². The fourth-order valence-corrected chi connectivity index (χ4v) is 5.33. The van der Waals surface area contributed by atoms with Crippen molar-refractivity contribution in [2.45, 2.75) is 37.5 Å². The first-order valence-corrected chi connectivity index (χ1v) is 11.2. The van der Waals surface area contributed by atoms with E-state index in [1.54, 1.807) is 13.8 Å². The fraction of sp³-hybridized carbons (Fsp3) is 0.333. The molecule has 2 aromatic carbocycles. The summed E-state index contributed by atoms with van der Waals surface area (Å²) < 4.78 is 54.2. The van der Waals surface area contributed by atoms with Gasteiger partial charge in [0.05, 0.1) is 15.5 Å². The zero-order chi connectivity index (χ0) is 19.5. The molecule has 0 aliphatic rings. The van der Waals surface area contributed by atoms with E-state index in [4.69, 9.17) is 0 Å². The molecule has 0 aliphatic carbocycles. The normalized spacial score (nSPS) is 12.3. The van der Waals surface area contributed by atoms with E-state index in [0.29, 0.717) is 18.8 Å². The maximum Gasteiger partial charge on any atom is 0.261 e. The van der Waals surface area contributed by atoms with E-state index in [9.17, 15) is 16.8 Å². The summed E-state index contributed by atoms with van der Waals surface area (Å²) in [7, 11) is -7.43. The highest BCUT2D eigenvalue weighted by Crippen LogP contribution is 2.24. The standard InChI is InChI=1S/C18H24N2O4S2/c1-5-20(6-2)26(23,24)17-12-10-16(11-13-17)25(21,22)19-18-14(3)8-7-9-15(18)4/h7-13,19H,5-6H2,1-4H3. The second-order valence-electron chi connectivity index (χ2n) is 5.93. The van der Waals surface area contributed by atoms with E-state index in [1.165, 1.54) is 28.6 Å². The number of nitrogens with one attached hydrogen (secondary N) is 1. The molecule has 0 saturated carbocycles. The fourth-order valence-electron chi connectivity index (χ4n) is 2.67. The number of rotatable bonds is 7. The molecule has 0 fully saturated rings. The lowest BCUT2D eigenvalue weighted by Gasteiger charge is -2.18. The van der Waals surface area contributed by atoms with Crippen molar-refractivity contribution in [3.63, 3.8) is 0 Å². The molecule has 0 radical (unpaired) electrons. The number of benzene rings is 2. The third-order valence-electron chi connectivity index (χ3n) is 4.19. The van der Waals surface area contributed by atoms with Gasteiger partial charge in [-0.1, -0.05) is 32.0 Å². The Morgan fingerprint density at radius 3 is 1.73 bits per heavy atom. The van der Waals surface area contributed by atoms with E-state index in [0.717, 1.165) is 11.1 Å². The highest BCUT2D eigenvalue weighted by atomic mass is 32.2. The van der Waals surface area contributed by atoms with Crippen LogP contribution in [0.2, 0.25) is 0 Å². The van der Waals surface area contributed by atoms with Crippen molar-refractivity contribution in [2.75, 3.05) is 17.8 Å². The quantitative estimate of drug-likeness (QED) is 0.779. The van der Waals surface area contributed by atoms with Gasteiger partial charge in [0.15, 0.2) is 0 Å². The van der Waals surface area contributed by atoms with Crippen LogP contribution in [0.3, 0.4) is 0 Å².